The summed E-state index contributed by atoms with van der Waals surface area (Å²) in [6.07, 6.45) is -4.91. The Kier molecular flexibility index (Phi) is 4.78. The highest BCUT2D eigenvalue weighted by Gasteiger charge is 2.51. The lowest BCUT2D eigenvalue weighted by atomic mass is 9.96. The minimum atomic E-state index is -4.91. The van der Waals surface area contributed by atoms with E-state index in [1.54, 1.807) is 6.92 Å². The van der Waals surface area contributed by atoms with Gasteiger partial charge in [-0.3, -0.25) is 0 Å². The minimum absolute atomic E-state index is 0.239. The average molecular weight is 352 g/mol. The van der Waals surface area contributed by atoms with Crippen LogP contribution < -0.4 is 5.32 Å². The largest absolute Gasteiger partial charge is 0.421 e. The van der Waals surface area contributed by atoms with Gasteiger partial charge in [0.2, 0.25) is 10.0 Å². The Balaban J connectivity index is 2.43. The number of nitrogens with one attached hydrogen (secondary N) is 1. The van der Waals surface area contributed by atoms with Gasteiger partial charge in [0.1, 0.15) is 0 Å². The van der Waals surface area contributed by atoms with Gasteiger partial charge in [-0.15, -0.1) is 0 Å². The van der Waals surface area contributed by atoms with Gasteiger partial charge in [-0.2, -0.15) is 17.5 Å². The summed E-state index contributed by atoms with van der Waals surface area (Å²) in [4.78, 5) is -0.256. The van der Waals surface area contributed by atoms with Crippen LogP contribution in [0.25, 0.3) is 0 Å². The third kappa shape index (κ3) is 3.37. The number of nitrogens with zero attached hydrogens (tertiary/aromatic N) is 1. The van der Waals surface area contributed by atoms with Crippen LogP contribution >= 0.6 is 0 Å². The Labute approximate surface area is 133 Å². The quantitative estimate of drug-likeness (QED) is 0.864. The van der Waals surface area contributed by atoms with Gasteiger partial charge in [-0.05, 0) is 31.5 Å². The molecule has 1 unspecified atom stereocenters. The first-order chi connectivity index (χ1) is 10.5. The Morgan fingerprint density at radius 3 is 2.57 bits per heavy atom. The molecule has 1 aromatic rings. The Hall–Kier alpha value is -1.16. The van der Waals surface area contributed by atoms with Gasteiger partial charge >= 0.3 is 6.18 Å². The summed E-state index contributed by atoms with van der Waals surface area (Å²) < 4.78 is 65.4. The summed E-state index contributed by atoms with van der Waals surface area (Å²) >= 11 is 0. The van der Waals surface area contributed by atoms with Gasteiger partial charge in [0.05, 0.1) is 4.90 Å². The van der Waals surface area contributed by atoms with E-state index in [2.05, 4.69) is 5.32 Å². The molecule has 5 nitrogen and oxygen atoms in total. The molecule has 130 valence electrons. The number of aliphatic hydroxyl groups is 1. The van der Waals surface area contributed by atoms with Crippen molar-refractivity contribution in [3.8, 4) is 0 Å². The van der Waals surface area contributed by atoms with Crippen molar-refractivity contribution in [2.24, 2.45) is 0 Å². The van der Waals surface area contributed by atoms with Crippen LogP contribution in [0.3, 0.4) is 0 Å². The third-order valence-electron chi connectivity index (χ3n) is 4.00. The van der Waals surface area contributed by atoms with Crippen LogP contribution in [-0.4, -0.2) is 49.7 Å². The van der Waals surface area contributed by atoms with Crippen LogP contribution in [0.5, 0.6) is 0 Å². The van der Waals surface area contributed by atoms with Crippen molar-refractivity contribution in [1.29, 1.82) is 0 Å². The van der Waals surface area contributed by atoms with Gasteiger partial charge in [0, 0.05) is 25.7 Å². The highest BCUT2D eigenvalue weighted by atomic mass is 32.2. The van der Waals surface area contributed by atoms with E-state index in [9.17, 15) is 26.7 Å². The molecule has 1 heterocycles. The standard InChI is InChI=1S/C14H19F3N2O3S/c1-10-9-18-6-7-19(10)23(21,22)12-5-3-4-11(8-12)13(2,20)14(15,16)17/h3-5,8,10,18,20H,6-7,9H2,1-2H3/t10-,13?/m1/s1. The Bertz CT molecular complexity index is 674. The van der Waals surface area contributed by atoms with Crippen LogP contribution in [0.15, 0.2) is 29.2 Å². The smallest absolute Gasteiger partial charge is 0.376 e. The fraction of sp³-hybridized carbons (Fsp3) is 0.571. The van der Waals surface area contributed by atoms with Gasteiger partial charge in [-0.1, -0.05) is 12.1 Å². The van der Waals surface area contributed by atoms with E-state index in [1.807, 2.05) is 0 Å². The number of halogens is 3. The van der Waals surface area contributed by atoms with E-state index in [4.69, 9.17) is 0 Å². The predicted molar refractivity (Wildman–Crippen MR) is 78.3 cm³/mol. The highest BCUT2D eigenvalue weighted by molar-refractivity contribution is 7.89. The van der Waals surface area contributed by atoms with Crippen LogP contribution in [0.1, 0.15) is 19.4 Å². The molecule has 1 aliphatic rings. The fourth-order valence-corrected chi connectivity index (χ4v) is 4.12. The fourth-order valence-electron chi connectivity index (χ4n) is 2.44. The van der Waals surface area contributed by atoms with Gasteiger partial charge in [0.15, 0.2) is 5.60 Å². The molecular formula is C14H19F3N2O3S. The summed E-state index contributed by atoms with van der Waals surface area (Å²) in [6.45, 7) is 3.51. The second kappa shape index (κ2) is 6.04. The van der Waals surface area contributed by atoms with Crippen molar-refractivity contribution in [2.75, 3.05) is 19.6 Å². The van der Waals surface area contributed by atoms with Crippen LogP contribution in [-0.2, 0) is 15.6 Å². The van der Waals surface area contributed by atoms with Crippen molar-refractivity contribution in [3.63, 3.8) is 0 Å². The topological polar surface area (TPSA) is 69.6 Å². The first-order valence-electron chi connectivity index (χ1n) is 7.10. The van der Waals surface area contributed by atoms with E-state index in [-0.39, 0.29) is 17.5 Å². The zero-order chi connectivity index (χ0) is 17.5. The Morgan fingerprint density at radius 2 is 2.00 bits per heavy atom. The molecule has 0 saturated carbocycles. The number of sulfonamides is 1. The molecule has 0 amide bonds. The number of piperazine rings is 1. The van der Waals surface area contributed by atoms with E-state index >= 15 is 0 Å². The summed E-state index contributed by atoms with van der Waals surface area (Å²) in [5.41, 5.74) is -3.62. The van der Waals surface area contributed by atoms with Gasteiger partial charge in [-0.25, -0.2) is 8.42 Å². The zero-order valence-corrected chi connectivity index (χ0v) is 13.6. The van der Waals surface area contributed by atoms with Crippen LogP contribution in [0.4, 0.5) is 13.2 Å². The number of alkyl halides is 3. The van der Waals surface area contributed by atoms with Crippen LogP contribution in [0.2, 0.25) is 0 Å². The maximum absolute atomic E-state index is 12.9. The zero-order valence-electron chi connectivity index (χ0n) is 12.8. The summed E-state index contributed by atoms with van der Waals surface area (Å²) in [5.74, 6) is 0. The molecule has 2 N–H and O–H groups in total. The second-order valence-corrected chi connectivity index (χ2v) is 7.66. The molecule has 9 heteroatoms. The lowest BCUT2D eigenvalue weighted by Gasteiger charge is -2.33. The van der Waals surface area contributed by atoms with Crippen LogP contribution in [0, 0.1) is 0 Å². The van der Waals surface area contributed by atoms with Crippen molar-refractivity contribution < 1.29 is 26.7 Å². The molecule has 1 aromatic carbocycles. The second-order valence-electron chi connectivity index (χ2n) is 5.77. The van der Waals surface area contributed by atoms with E-state index in [1.165, 1.54) is 16.4 Å². The predicted octanol–water partition coefficient (Wildman–Crippen LogP) is 1.44. The Morgan fingerprint density at radius 1 is 1.35 bits per heavy atom. The van der Waals surface area contributed by atoms with Gasteiger partial charge in [0.25, 0.3) is 0 Å². The van der Waals surface area contributed by atoms with Gasteiger partial charge < -0.3 is 10.4 Å². The molecule has 2 atom stereocenters. The molecule has 0 spiro atoms. The lowest BCUT2D eigenvalue weighted by molar-refractivity contribution is -0.258. The first-order valence-corrected chi connectivity index (χ1v) is 8.54. The monoisotopic (exact) mass is 352 g/mol. The van der Waals surface area contributed by atoms with Crippen molar-refractivity contribution in [1.82, 2.24) is 9.62 Å². The molecule has 23 heavy (non-hydrogen) atoms. The molecule has 0 aromatic heterocycles. The summed E-state index contributed by atoms with van der Waals surface area (Å²) in [7, 11) is -3.92. The molecule has 0 aliphatic carbocycles. The maximum atomic E-state index is 12.9. The molecule has 0 bridgehead atoms. The highest BCUT2D eigenvalue weighted by Crippen LogP contribution is 2.39. The van der Waals surface area contributed by atoms with E-state index in [0.29, 0.717) is 20.0 Å². The number of rotatable bonds is 3. The van der Waals surface area contributed by atoms with Crippen molar-refractivity contribution in [3.05, 3.63) is 29.8 Å². The van der Waals surface area contributed by atoms with Crippen molar-refractivity contribution >= 4 is 10.0 Å². The molecule has 2 rings (SSSR count). The summed E-state index contributed by atoms with van der Waals surface area (Å²) in [5, 5.41) is 12.8. The lowest BCUT2D eigenvalue weighted by Crippen LogP contribution is -2.52. The normalized spacial score (nSPS) is 23.5. The molecule has 1 fully saturated rings. The van der Waals surface area contributed by atoms with Crippen molar-refractivity contribution in [2.45, 2.75) is 36.6 Å². The SMILES string of the molecule is C[C@@H]1CNCCN1S(=O)(=O)c1cccc(C(C)(O)C(F)(F)F)c1. The van der Waals surface area contributed by atoms with E-state index in [0.717, 1.165) is 12.1 Å². The number of hydrogen-bond donors (Lipinski definition) is 2. The molecule has 1 aliphatic heterocycles. The van der Waals surface area contributed by atoms with E-state index < -0.39 is 27.4 Å². The number of benzene rings is 1. The maximum Gasteiger partial charge on any atom is 0.421 e. The molecule has 0 radical (unpaired) electrons. The molecular weight excluding hydrogens is 333 g/mol. The average Bonchev–Trinajstić information content (AvgIpc) is 2.46. The summed E-state index contributed by atoms with van der Waals surface area (Å²) in [6, 6.07) is 4.08. The molecule has 1 saturated heterocycles. The number of hydrogen-bond acceptors (Lipinski definition) is 4. The minimum Gasteiger partial charge on any atom is -0.376 e. The third-order valence-corrected chi connectivity index (χ3v) is 6.00. The first kappa shape index (κ1) is 18.2.